The minimum atomic E-state index is -0.730. The van der Waals surface area contributed by atoms with Gasteiger partial charge in [0.15, 0.2) is 0 Å². The molecule has 0 fully saturated rings. The fourth-order valence-electron chi connectivity index (χ4n) is 3.47. The lowest BCUT2D eigenvalue weighted by atomic mass is 10.00. The van der Waals surface area contributed by atoms with Gasteiger partial charge in [-0.3, -0.25) is 14.9 Å². The zero-order valence-corrected chi connectivity index (χ0v) is 14.9. The second-order valence-corrected chi connectivity index (χ2v) is 6.60. The maximum absolute atomic E-state index is 14.9. The van der Waals surface area contributed by atoms with E-state index in [1.165, 1.54) is 29.1 Å². The Labute approximate surface area is 162 Å². The van der Waals surface area contributed by atoms with Crippen LogP contribution in [0.15, 0.2) is 66.0 Å². The minimum Gasteiger partial charge on any atom is -0.301 e. The quantitative estimate of drug-likeness (QED) is 0.511. The topological polar surface area (TPSA) is 76.5 Å². The molecule has 0 unspecified atom stereocenters. The van der Waals surface area contributed by atoms with E-state index in [-0.39, 0.29) is 12.1 Å². The van der Waals surface area contributed by atoms with Crippen molar-refractivity contribution in [1.82, 2.24) is 24.7 Å². The Morgan fingerprint density at radius 3 is 2.69 bits per heavy atom. The number of aromatic nitrogens is 5. The molecule has 5 rings (SSSR count). The van der Waals surface area contributed by atoms with Gasteiger partial charge < -0.3 is 4.57 Å². The largest absolute Gasteiger partial charge is 0.301 e. The first kappa shape index (κ1) is 17.2. The highest BCUT2D eigenvalue weighted by molar-refractivity contribution is 5.94. The molecule has 3 heterocycles. The number of fused-ring (bicyclic) bond motifs is 2. The number of hydrogen-bond donors (Lipinski definition) is 1. The van der Waals surface area contributed by atoms with Gasteiger partial charge in [0.2, 0.25) is 0 Å². The maximum atomic E-state index is 14.9. The van der Waals surface area contributed by atoms with Crippen molar-refractivity contribution < 1.29 is 8.78 Å². The average Bonchev–Trinajstić information content (AvgIpc) is 3.21. The van der Waals surface area contributed by atoms with Gasteiger partial charge in [-0.15, -0.1) is 0 Å². The van der Waals surface area contributed by atoms with Crippen LogP contribution in [0.3, 0.4) is 0 Å². The molecule has 0 aliphatic heterocycles. The second kappa shape index (κ2) is 6.59. The van der Waals surface area contributed by atoms with E-state index >= 15 is 0 Å². The summed E-state index contributed by atoms with van der Waals surface area (Å²) >= 11 is 0. The summed E-state index contributed by atoms with van der Waals surface area (Å²) in [5.41, 5.74) is 2.12. The number of aromatic amines is 1. The van der Waals surface area contributed by atoms with Gasteiger partial charge >= 0.3 is 0 Å². The zero-order chi connectivity index (χ0) is 20.0. The molecule has 2 aromatic carbocycles. The number of H-pyrrole nitrogens is 1. The smallest absolute Gasteiger partial charge is 0.269 e. The summed E-state index contributed by atoms with van der Waals surface area (Å²) in [5, 5.41) is 7.59. The molecule has 3 aromatic heterocycles. The van der Waals surface area contributed by atoms with E-state index in [1.807, 2.05) is 6.07 Å². The van der Waals surface area contributed by atoms with E-state index in [9.17, 15) is 13.6 Å². The normalized spacial score (nSPS) is 11.4. The lowest BCUT2D eigenvalue weighted by molar-refractivity contribution is 0.545. The van der Waals surface area contributed by atoms with Gasteiger partial charge in [0.1, 0.15) is 17.2 Å². The average molecular weight is 389 g/mol. The van der Waals surface area contributed by atoms with Crippen molar-refractivity contribution in [2.45, 2.75) is 6.54 Å². The van der Waals surface area contributed by atoms with Crippen molar-refractivity contribution >= 4 is 21.9 Å². The highest BCUT2D eigenvalue weighted by atomic mass is 19.1. The molecular weight excluding hydrogens is 376 g/mol. The molecule has 6 nitrogen and oxygen atoms in total. The van der Waals surface area contributed by atoms with Crippen LogP contribution in [0.1, 0.15) is 5.56 Å². The van der Waals surface area contributed by atoms with Gasteiger partial charge in [-0.25, -0.2) is 13.8 Å². The van der Waals surface area contributed by atoms with E-state index in [4.69, 9.17) is 0 Å². The summed E-state index contributed by atoms with van der Waals surface area (Å²) in [6.07, 6.45) is 5.73. The molecule has 29 heavy (non-hydrogen) atoms. The van der Waals surface area contributed by atoms with E-state index in [1.54, 1.807) is 24.4 Å². The van der Waals surface area contributed by atoms with Crippen LogP contribution < -0.4 is 5.56 Å². The van der Waals surface area contributed by atoms with E-state index < -0.39 is 17.2 Å². The molecule has 5 aromatic rings. The van der Waals surface area contributed by atoms with Crippen LogP contribution in [0.4, 0.5) is 8.78 Å². The fourth-order valence-corrected chi connectivity index (χ4v) is 3.47. The Hall–Kier alpha value is -3.94. The van der Waals surface area contributed by atoms with Crippen LogP contribution >= 0.6 is 0 Å². The van der Waals surface area contributed by atoms with Crippen molar-refractivity contribution in [2.75, 3.05) is 0 Å². The third kappa shape index (κ3) is 2.85. The molecular formula is C21H13F2N5O. The number of nitrogens with zero attached hydrogens (tertiary/aromatic N) is 4. The summed E-state index contributed by atoms with van der Waals surface area (Å²) in [5.74, 6) is -1.46. The standard InChI is InChI=1S/C21H13F2N5O/c22-16-6-12(13-2-1-3-18-14(13)8-26-27-18)7-17(23)15(16)11-28-20-4-5-24-9-19(20)25-10-21(28)29/h1-10H,11H2,(H,26,27). The number of nitrogens with one attached hydrogen (secondary N) is 1. The third-order valence-electron chi connectivity index (χ3n) is 4.90. The monoisotopic (exact) mass is 389 g/mol. The Kier molecular flexibility index (Phi) is 3.90. The molecule has 0 saturated heterocycles. The summed E-state index contributed by atoms with van der Waals surface area (Å²) in [7, 11) is 0. The van der Waals surface area contributed by atoms with Crippen LogP contribution in [0.2, 0.25) is 0 Å². The van der Waals surface area contributed by atoms with Crippen LogP contribution in [-0.2, 0) is 6.54 Å². The van der Waals surface area contributed by atoms with E-state index in [0.717, 1.165) is 17.1 Å². The highest BCUT2D eigenvalue weighted by Gasteiger charge is 2.16. The number of hydrogen-bond acceptors (Lipinski definition) is 4. The highest BCUT2D eigenvalue weighted by Crippen LogP contribution is 2.30. The maximum Gasteiger partial charge on any atom is 0.269 e. The Morgan fingerprint density at radius 2 is 1.86 bits per heavy atom. The minimum absolute atomic E-state index is 0.195. The molecule has 0 aliphatic rings. The lowest BCUT2D eigenvalue weighted by Crippen LogP contribution is -2.22. The Balaban J connectivity index is 1.63. The molecule has 1 N–H and O–H groups in total. The van der Waals surface area contributed by atoms with Crippen LogP contribution in [-0.4, -0.2) is 24.7 Å². The van der Waals surface area contributed by atoms with Crippen LogP contribution in [0.25, 0.3) is 33.1 Å². The number of benzene rings is 2. The Morgan fingerprint density at radius 1 is 1.03 bits per heavy atom. The molecule has 0 bridgehead atoms. The predicted molar refractivity (Wildman–Crippen MR) is 104 cm³/mol. The fraction of sp³-hybridized carbons (Fsp3) is 0.0476. The van der Waals surface area contributed by atoms with Gasteiger partial charge in [-0.2, -0.15) is 5.10 Å². The van der Waals surface area contributed by atoms with Crippen LogP contribution in [0, 0.1) is 11.6 Å². The molecule has 0 spiro atoms. The lowest BCUT2D eigenvalue weighted by Gasteiger charge is -2.12. The summed E-state index contributed by atoms with van der Waals surface area (Å²) < 4.78 is 31.1. The first-order valence-corrected chi connectivity index (χ1v) is 8.82. The molecule has 142 valence electrons. The Bertz CT molecular complexity index is 1420. The van der Waals surface area contributed by atoms with Crippen molar-refractivity contribution in [2.24, 2.45) is 0 Å². The second-order valence-electron chi connectivity index (χ2n) is 6.60. The van der Waals surface area contributed by atoms with Crippen molar-refractivity contribution in [3.8, 4) is 11.1 Å². The van der Waals surface area contributed by atoms with Gasteiger partial charge in [0, 0.05) is 17.1 Å². The van der Waals surface area contributed by atoms with Gasteiger partial charge in [-0.1, -0.05) is 12.1 Å². The summed E-state index contributed by atoms with van der Waals surface area (Å²) in [6, 6.07) is 9.54. The number of halogens is 2. The van der Waals surface area contributed by atoms with Crippen molar-refractivity contribution in [1.29, 1.82) is 0 Å². The van der Waals surface area contributed by atoms with Crippen LogP contribution in [0.5, 0.6) is 0 Å². The molecule has 0 radical (unpaired) electrons. The first-order valence-electron chi connectivity index (χ1n) is 8.82. The predicted octanol–water partition coefficient (Wildman–Crippen LogP) is 3.66. The van der Waals surface area contributed by atoms with Gasteiger partial charge in [0.25, 0.3) is 5.56 Å². The molecule has 0 amide bonds. The third-order valence-corrected chi connectivity index (χ3v) is 4.90. The van der Waals surface area contributed by atoms with Crippen molar-refractivity contribution in [3.63, 3.8) is 0 Å². The summed E-state index contributed by atoms with van der Waals surface area (Å²) in [4.78, 5) is 20.3. The molecule has 0 atom stereocenters. The molecule has 8 heteroatoms. The number of pyridine rings is 1. The van der Waals surface area contributed by atoms with Crippen molar-refractivity contribution in [3.05, 3.63) is 88.7 Å². The van der Waals surface area contributed by atoms with E-state index in [0.29, 0.717) is 22.2 Å². The zero-order valence-electron chi connectivity index (χ0n) is 14.9. The summed E-state index contributed by atoms with van der Waals surface area (Å²) in [6.45, 7) is -0.254. The first-order chi connectivity index (χ1) is 14.1. The molecule has 0 saturated carbocycles. The van der Waals surface area contributed by atoms with E-state index in [2.05, 4.69) is 20.2 Å². The van der Waals surface area contributed by atoms with Gasteiger partial charge in [-0.05, 0) is 35.4 Å². The number of rotatable bonds is 3. The SMILES string of the molecule is O=c1cnc2cnccc2n1Cc1c(F)cc(-c2cccc3[nH]ncc23)cc1F. The van der Waals surface area contributed by atoms with Gasteiger partial charge in [0.05, 0.1) is 36.2 Å². The molecule has 0 aliphatic carbocycles.